The fraction of sp³-hybridized carbons (Fsp3) is 0.143. The molecule has 3 N–H and O–H groups in total. The predicted molar refractivity (Wildman–Crippen MR) is 53.4 cm³/mol. The van der Waals surface area contributed by atoms with Gasteiger partial charge in [-0.25, -0.2) is 9.48 Å². The molecule has 0 aromatic carbocycles. The standard InChI is InChI=1S/C7H4F3N5O2S/c8-7(9,10)5-12-13-6(18-5)15-1-2(11)3(14-15)4(16)17/h1H,11H2,(H,16,17). The van der Waals surface area contributed by atoms with Gasteiger partial charge in [-0.05, 0) is 0 Å². The second-order valence-electron chi connectivity index (χ2n) is 3.07. The number of hydrogen-bond acceptors (Lipinski definition) is 6. The van der Waals surface area contributed by atoms with Crippen molar-refractivity contribution in [3.05, 3.63) is 16.9 Å². The molecule has 0 aliphatic rings. The van der Waals surface area contributed by atoms with Gasteiger partial charge in [-0.3, -0.25) is 0 Å². The zero-order valence-electron chi connectivity index (χ0n) is 8.34. The Morgan fingerprint density at radius 1 is 1.44 bits per heavy atom. The van der Waals surface area contributed by atoms with Gasteiger partial charge < -0.3 is 10.8 Å². The minimum atomic E-state index is -4.61. The van der Waals surface area contributed by atoms with Crippen LogP contribution in [0.25, 0.3) is 5.13 Å². The maximum Gasteiger partial charge on any atom is 0.445 e. The van der Waals surface area contributed by atoms with E-state index in [0.717, 1.165) is 10.9 Å². The quantitative estimate of drug-likeness (QED) is 0.850. The molecule has 0 saturated heterocycles. The Bertz CT molecular complexity index is 604. The van der Waals surface area contributed by atoms with Crippen LogP contribution in [0.3, 0.4) is 0 Å². The van der Waals surface area contributed by atoms with Crippen LogP contribution in [0.15, 0.2) is 6.20 Å². The highest BCUT2D eigenvalue weighted by atomic mass is 32.1. The van der Waals surface area contributed by atoms with Gasteiger partial charge in [0, 0.05) is 0 Å². The van der Waals surface area contributed by atoms with Gasteiger partial charge in [0.05, 0.1) is 11.9 Å². The number of aromatic nitrogens is 4. The van der Waals surface area contributed by atoms with Gasteiger partial charge in [0.2, 0.25) is 10.1 Å². The summed E-state index contributed by atoms with van der Waals surface area (Å²) >= 11 is 0.231. The Labute approximate surface area is 101 Å². The highest BCUT2D eigenvalue weighted by Crippen LogP contribution is 2.32. The molecule has 0 spiro atoms. The van der Waals surface area contributed by atoms with Crippen molar-refractivity contribution in [2.24, 2.45) is 0 Å². The summed E-state index contributed by atoms with van der Waals surface area (Å²) in [5.41, 5.74) is 4.71. The van der Waals surface area contributed by atoms with Gasteiger partial charge in [0.1, 0.15) is 0 Å². The summed E-state index contributed by atoms with van der Waals surface area (Å²) in [5, 5.41) is 17.0. The van der Waals surface area contributed by atoms with Crippen LogP contribution in [0.4, 0.5) is 18.9 Å². The number of hydrogen-bond donors (Lipinski definition) is 2. The number of nitrogens with zero attached hydrogens (tertiary/aromatic N) is 4. The van der Waals surface area contributed by atoms with Crippen LogP contribution in [0, 0.1) is 0 Å². The molecule has 0 radical (unpaired) electrons. The predicted octanol–water partition coefficient (Wildman–Crippen LogP) is 1.02. The molecular formula is C7H4F3N5O2S. The zero-order valence-corrected chi connectivity index (χ0v) is 9.16. The monoisotopic (exact) mass is 279 g/mol. The summed E-state index contributed by atoms with van der Waals surface area (Å²) in [6, 6.07) is 0. The molecule has 0 bridgehead atoms. The van der Waals surface area contributed by atoms with E-state index in [-0.39, 0.29) is 22.2 Å². The Balaban J connectivity index is 2.41. The SMILES string of the molecule is Nc1cn(-c2nnc(C(F)(F)F)s2)nc1C(=O)O. The molecule has 7 nitrogen and oxygen atoms in total. The first-order chi connectivity index (χ1) is 8.29. The number of rotatable bonds is 2. The molecule has 2 aromatic heterocycles. The van der Waals surface area contributed by atoms with E-state index in [1.807, 2.05) is 0 Å². The molecule has 0 amide bonds. The number of halogens is 3. The first-order valence-corrected chi connectivity index (χ1v) is 5.10. The van der Waals surface area contributed by atoms with E-state index in [1.165, 1.54) is 0 Å². The van der Waals surface area contributed by atoms with Crippen LogP contribution < -0.4 is 5.73 Å². The fourth-order valence-corrected chi connectivity index (χ4v) is 1.71. The van der Waals surface area contributed by atoms with Crippen LogP contribution in [0.1, 0.15) is 15.5 Å². The van der Waals surface area contributed by atoms with E-state index in [2.05, 4.69) is 15.3 Å². The molecule has 0 aliphatic heterocycles. The largest absolute Gasteiger partial charge is 0.476 e. The van der Waals surface area contributed by atoms with Crippen molar-refractivity contribution in [3.63, 3.8) is 0 Å². The number of carbonyl (C=O) groups is 1. The Morgan fingerprint density at radius 3 is 2.56 bits per heavy atom. The minimum absolute atomic E-state index is 0.175. The van der Waals surface area contributed by atoms with Gasteiger partial charge in [0.25, 0.3) is 0 Å². The molecule has 0 atom stereocenters. The van der Waals surface area contributed by atoms with Crippen molar-refractivity contribution >= 4 is 23.0 Å². The molecule has 0 aliphatic carbocycles. The molecule has 0 saturated carbocycles. The lowest BCUT2D eigenvalue weighted by molar-refractivity contribution is -0.138. The maximum absolute atomic E-state index is 12.3. The van der Waals surface area contributed by atoms with E-state index in [4.69, 9.17) is 10.8 Å². The zero-order chi connectivity index (χ0) is 13.5. The van der Waals surface area contributed by atoms with E-state index >= 15 is 0 Å². The minimum Gasteiger partial charge on any atom is -0.476 e. The summed E-state index contributed by atoms with van der Waals surface area (Å²) < 4.78 is 37.7. The number of nitrogens with two attached hydrogens (primary N) is 1. The van der Waals surface area contributed by atoms with Crippen LogP contribution in [-0.2, 0) is 6.18 Å². The highest BCUT2D eigenvalue weighted by molar-refractivity contribution is 7.13. The highest BCUT2D eigenvalue weighted by Gasteiger charge is 2.36. The fourth-order valence-electron chi connectivity index (χ4n) is 1.07. The van der Waals surface area contributed by atoms with Crippen LogP contribution >= 0.6 is 11.3 Å². The summed E-state index contributed by atoms with van der Waals surface area (Å²) in [6.45, 7) is 0. The third-order valence-electron chi connectivity index (χ3n) is 1.80. The first-order valence-electron chi connectivity index (χ1n) is 4.28. The van der Waals surface area contributed by atoms with E-state index in [1.54, 1.807) is 0 Å². The summed E-state index contributed by atoms with van der Waals surface area (Å²) in [6.07, 6.45) is -3.55. The average Bonchev–Trinajstić information content (AvgIpc) is 2.81. The lowest BCUT2D eigenvalue weighted by Gasteiger charge is -1.97. The summed E-state index contributed by atoms with van der Waals surface area (Å²) in [7, 11) is 0. The van der Waals surface area contributed by atoms with Crippen molar-refractivity contribution in [1.29, 1.82) is 0 Å². The van der Waals surface area contributed by atoms with Crippen molar-refractivity contribution in [2.45, 2.75) is 6.18 Å². The van der Waals surface area contributed by atoms with Gasteiger partial charge in [-0.1, -0.05) is 11.3 Å². The summed E-state index contributed by atoms with van der Waals surface area (Å²) in [5.74, 6) is -1.38. The number of nitrogen functional groups attached to an aromatic ring is 1. The van der Waals surface area contributed by atoms with E-state index < -0.39 is 22.8 Å². The lowest BCUT2D eigenvalue weighted by Crippen LogP contribution is -2.03. The van der Waals surface area contributed by atoms with Crippen molar-refractivity contribution < 1.29 is 23.1 Å². The molecule has 2 rings (SSSR count). The Hall–Kier alpha value is -2.17. The molecule has 2 aromatic rings. The number of alkyl halides is 3. The Morgan fingerprint density at radius 2 is 2.11 bits per heavy atom. The molecular weight excluding hydrogens is 275 g/mol. The second kappa shape index (κ2) is 3.94. The van der Waals surface area contributed by atoms with Gasteiger partial charge >= 0.3 is 12.1 Å². The van der Waals surface area contributed by atoms with Crippen LogP contribution in [0.2, 0.25) is 0 Å². The molecule has 2 heterocycles. The van der Waals surface area contributed by atoms with Gasteiger partial charge in [-0.15, -0.1) is 10.2 Å². The molecule has 18 heavy (non-hydrogen) atoms. The second-order valence-corrected chi connectivity index (χ2v) is 4.03. The number of carboxylic acids is 1. The molecule has 0 fully saturated rings. The van der Waals surface area contributed by atoms with E-state index in [0.29, 0.717) is 0 Å². The van der Waals surface area contributed by atoms with Crippen molar-refractivity contribution in [1.82, 2.24) is 20.0 Å². The molecule has 0 unspecified atom stereocenters. The van der Waals surface area contributed by atoms with Crippen molar-refractivity contribution in [3.8, 4) is 5.13 Å². The third kappa shape index (κ3) is 2.11. The topological polar surface area (TPSA) is 107 Å². The number of aromatic carboxylic acids is 1. The molecule has 96 valence electrons. The normalized spacial score (nSPS) is 11.7. The maximum atomic E-state index is 12.3. The van der Waals surface area contributed by atoms with Gasteiger partial charge in [-0.2, -0.15) is 18.3 Å². The van der Waals surface area contributed by atoms with Crippen molar-refractivity contribution in [2.75, 3.05) is 5.73 Å². The number of anilines is 1. The van der Waals surface area contributed by atoms with Gasteiger partial charge in [0.15, 0.2) is 5.69 Å². The molecule has 11 heteroatoms. The van der Waals surface area contributed by atoms with E-state index in [9.17, 15) is 18.0 Å². The van der Waals surface area contributed by atoms with Crippen LogP contribution in [0.5, 0.6) is 0 Å². The smallest absolute Gasteiger partial charge is 0.445 e. The Kier molecular flexibility index (Phi) is 2.69. The average molecular weight is 279 g/mol. The third-order valence-corrected chi connectivity index (χ3v) is 2.76. The van der Waals surface area contributed by atoms with Crippen LogP contribution in [-0.4, -0.2) is 31.1 Å². The lowest BCUT2D eigenvalue weighted by atomic mass is 10.4. The summed E-state index contributed by atoms with van der Waals surface area (Å²) in [4.78, 5) is 10.7. The first kappa shape index (κ1) is 12.3. The number of carboxylic acid groups (broad SMARTS) is 1.